The average molecular weight is 834 g/mol. The number of quaternary nitrogens is 1. The van der Waals surface area contributed by atoms with Gasteiger partial charge in [0.2, 0.25) is 11.8 Å². The van der Waals surface area contributed by atoms with E-state index < -0.39 is 0 Å². The minimum Gasteiger partial charge on any atom is -0.340 e. The number of hydrogen-bond acceptors (Lipinski definition) is 3. The van der Waals surface area contributed by atoms with Gasteiger partial charge in [-0.1, -0.05) is 49.3 Å². The molecule has 51 heavy (non-hydrogen) atoms. The van der Waals surface area contributed by atoms with Crippen LogP contribution in [-0.2, 0) is 88.1 Å². The van der Waals surface area contributed by atoms with Gasteiger partial charge in [-0.25, -0.2) is 0 Å². The van der Waals surface area contributed by atoms with Crippen molar-refractivity contribution in [3.8, 4) is 0 Å². The smallest absolute Gasteiger partial charge is 0.239 e. The summed E-state index contributed by atoms with van der Waals surface area (Å²) in [7, 11) is 10.5. The van der Waals surface area contributed by atoms with Gasteiger partial charge in [0.25, 0.3) is 0 Å². The van der Waals surface area contributed by atoms with E-state index in [1.165, 1.54) is 11.1 Å². The van der Waals surface area contributed by atoms with Crippen LogP contribution >= 0.6 is 0 Å². The summed E-state index contributed by atoms with van der Waals surface area (Å²) in [6, 6.07) is 33.9. The predicted octanol–water partition coefficient (Wildman–Crippen LogP) is 8.35. The Bertz CT molecular complexity index is 1740. The molecule has 4 rings (SSSR count). The molecule has 8 heteroatoms. The van der Waals surface area contributed by atoms with E-state index >= 15 is 0 Å². The Morgan fingerprint density at radius 3 is 1.41 bits per heavy atom. The summed E-state index contributed by atoms with van der Waals surface area (Å²) in [6.07, 6.45) is 4.54. The van der Waals surface area contributed by atoms with Crippen LogP contribution in [0.2, 0.25) is 0 Å². The summed E-state index contributed by atoms with van der Waals surface area (Å²) < 4.78 is 0.868. The number of hydrogen-bond donors (Lipinski definition) is 2. The van der Waals surface area contributed by atoms with Crippen molar-refractivity contribution in [2.24, 2.45) is 0 Å². The molecule has 6 nitrogen and oxygen atoms in total. The molecule has 264 valence electrons. The van der Waals surface area contributed by atoms with Gasteiger partial charge in [-0.05, 0) is 43.9 Å². The van der Waals surface area contributed by atoms with Crippen LogP contribution in [0.25, 0.3) is 12.2 Å². The SMILES string of the molecule is [CH2-]CC(=Cc1[c-]ccc(C)c1)C(=O)Nc1ccc(CN(C)C)cc1.[CH2-]CC(=Cc1[c-]ccc(C)c1)C(=O)Nc1ccc(C[N+](C)(C)C)cc1.[Y].[Y]. The minimum absolute atomic E-state index is 0. The molecule has 0 spiro atoms. The minimum atomic E-state index is -0.125. The molecule has 0 saturated carbocycles. The van der Waals surface area contributed by atoms with Crippen molar-refractivity contribution in [1.82, 2.24) is 4.90 Å². The molecule has 4 aromatic carbocycles. The van der Waals surface area contributed by atoms with E-state index in [9.17, 15) is 9.59 Å². The predicted molar refractivity (Wildman–Crippen MR) is 205 cm³/mol. The van der Waals surface area contributed by atoms with Crippen LogP contribution in [0.1, 0.15) is 46.2 Å². The fraction of sp³-hybridized carbons (Fsp3) is 0.256. The van der Waals surface area contributed by atoms with E-state index in [0.29, 0.717) is 24.0 Å². The maximum absolute atomic E-state index is 12.5. The first kappa shape index (κ1) is 46.4. The van der Waals surface area contributed by atoms with E-state index in [4.69, 9.17) is 0 Å². The van der Waals surface area contributed by atoms with Gasteiger partial charge < -0.3 is 33.9 Å². The molecule has 0 aliphatic carbocycles. The maximum Gasteiger partial charge on any atom is 0.239 e. The molecule has 0 aliphatic rings. The quantitative estimate of drug-likeness (QED) is 0.0858. The van der Waals surface area contributed by atoms with Gasteiger partial charge in [0.15, 0.2) is 0 Å². The van der Waals surface area contributed by atoms with Gasteiger partial charge in [-0.2, -0.15) is 12.8 Å². The number of rotatable bonds is 12. The summed E-state index contributed by atoms with van der Waals surface area (Å²) in [5, 5.41) is 5.89. The van der Waals surface area contributed by atoms with Gasteiger partial charge in [0.05, 0.1) is 21.1 Å². The first-order valence-electron chi connectivity index (χ1n) is 16.5. The van der Waals surface area contributed by atoms with Gasteiger partial charge in [0, 0.05) is 88.9 Å². The second-order valence-corrected chi connectivity index (χ2v) is 13.5. The van der Waals surface area contributed by atoms with Crippen molar-refractivity contribution in [1.29, 1.82) is 0 Å². The average Bonchev–Trinajstić information content (AvgIpc) is 3.03. The maximum atomic E-state index is 12.5. The van der Waals surface area contributed by atoms with Crippen molar-refractivity contribution in [3.63, 3.8) is 0 Å². The summed E-state index contributed by atoms with van der Waals surface area (Å²) in [5.41, 5.74) is 9.37. The van der Waals surface area contributed by atoms with Crippen molar-refractivity contribution in [2.75, 3.05) is 45.9 Å². The van der Waals surface area contributed by atoms with Gasteiger partial charge in [-0.15, -0.1) is 82.9 Å². The zero-order chi connectivity index (χ0) is 36.0. The molecule has 0 bridgehead atoms. The first-order valence-corrected chi connectivity index (χ1v) is 16.5. The standard InChI is InChI=1S/C22H27N2O.C21H24N2O.2Y/c1-6-20(15-19-9-7-8-17(2)14-19)22(25)23-21-12-10-18(11-13-21)16-24(3,4)5;1-5-19(14-18-8-6-7-16(2)13-18)21(24)22-20-11-9-17(10-12-20)15-23(3)4;;/h7-8,10-15H,1,6,16H2,2-5H3,(H,23,25);6-7,9-14H,1,5,15H2,2-4H3,(H,22,24);;/q-1;-2;;. The van der Waals surface area contributed by atoms with Crippen LogP contribution in [0.3, 0.4) is 0 Å². The molecule has 0 aromatic heterocycles. The number of amides is 2. The van der Waals surface area contributed by atoms with Crippen LogP contribution < -0.4 is 10.6 Å². The fourth-order valence-corrected chi connectivity index (χ4v) is 4.98. The monoisotopic (exact) mass is 833 g/mol. The van der Waals surface area contributed by atoms with E-state index in [1.807, 2.05) is 113 Å². The van der Waals surface area contributed by atoms with Crippen LogP contribution in [-0.4, -0.2) is 56.4 Å². The number of nitrogens with zero attached hydrogens (tertiary/aromatic N) is 2. The molecule has 0 unspecified atom stereocenters. The Kier molecular flexibility index (Phi) is 21.1. The van der Waals surface area contributed by atoms with E-state index in [-0.39, 0.29) is 77.2 Å². The number of nitrogens with one attached hydrogen (secondary N) is 2. The third kappa shape index (κ3) is 17.7. The van der Waals surface area contributed by atoms with Crippen molar-refractivity contribution < 1.29 is 79.5 Å². The zero-order valence-corrected chi connectivity index (χ0v) is 37.0. The third-order valence-corrected chi connectivity index (χ3v) is 7.32. The number of benzene rings is 4. The molecular weight excluding hydrogens is 782 g/mol. The van der Waals surface area contributed by atoms with Crippen LogP contribution in [0, 0.1) is 39.8 Å². The molecule has 0 atom stereocenters. The Morgan fingerprint density at radius 1 is 0.686 bits per heavy atom. The molecule has 2 N–H and O–H groups in total. The van der Waals surface area contributed by atoms with E-state index in [1.54, 1.807) is 0 Å². The van der Waals surface area contributed by atoms with Gasteiger partial charge in [0.1, 0.15) is 6.54 Å². The Morgan fingerprint density at radius 2 is 1.08 bits per heavy atom. The largest absolute Gasteiger partial charge is 0.340 e. The third-order valence-electron chi connectivity index (χ3n) is 7.32. The summed E-state index contributed by atoms with van der Waals surface area (Å²) in [5.74, 6) is -0.246. The van der Waals surface area contributed by atoms with E-state index in [0.717, 1.165) is 51.2 Å². The van der Waals surface area contributed by atoms with Crippen molar-refractivity contribution in [3.05, 3.63) is 155 Å². The van der Waals surface area contributed by atoms with Crippen molar-refractivity contribution in [2.45, 2.75) is 39.8 Å². The molecule has 2 amide bonds. The number of anilines is 2. The summed E-state index contributed by atoms with van der Waals surface area (Å²) in [6.45, 7) is 13.6. The van der Waals surface area contributed by atoms with Crippen LogP contribution in [0.15, 0.2) is 96.1 Å². The second kappa shape index (κ2) is 23.2. The summed E-state index contributed by atoms with van der Waals surface area (Å²) >= 11 is 0. The zero-order valence-electron chi connectivity index (χ0n) is 31.3. The normalized spacial score (nSPS) is 11.4. The number of carbonyl (C=O) groups excluding carboxylic acids is 2. The van der Waals surface area contributed by atoms with E-state index in [2.05, 4.69) is 74.8 Å². The second-order valence-electron chi connectivity index (χ2n) is 13.5. The first-order chi connectivity index (χ1) is 23.2. The fourth-order valence-electron chi connectivity index (χ4n) is 4.98. The molecule has 0 heterocycles. The Labute approximate surface area is 357 Å². The Balaban J connectivity index is 0.000000491. The molecule has 0 fully saturated rings. The molecule has 0 saturated heterocycles. The molecule has 4 aromatic rings. The molecule has 0 aliphatic heterocycles. The van der Waals surface area contributed by atoms with Crippen LogP contribution in [0.5, 0.6) is 0 Å². The van der Waals surface area contributed by atoms with Crippen molar-refractivity contribution >= 4 is 35.3 Å². The number of aryl methyl sites for hydroxylation is 2. The molecule has 2 radical (unpaired) electrons. The molecular formula is C43H51N4O2Y2-3. The summed E-state index contributed by atoms with van der Waals surface area (Å²) in [4.78, 5) is 27.1. The van der Waals surface area contributed by atoms with Gasteiger partial charge >= 0.3 is 0 Å². The number of carbonyl (C=O) groups is 2. The van der Waals surface area contributed by atoms with Crippen LogP contribution in [0.4, 0.5) is 11.4 Å². The Hall–Kier alpha value is -2.57. The van der Waals surface area contributed by atoms with Gasteiger partial charge in [-0.3, -0.25) is 9.59 Å². The topological polar surface area (TPSA) is 61.4 Å².